The number of nitrogens with one attached hydrogen (secondary N) is 1. The molecule has 0 aliphatic carbocycles. The molecule has 0 aliphatic rings. The van der Waals surface area contributed by atoms with E-state index >= 15 is 0 Å². The second-order valence-electron chi connectivity index (χ2n) is 6.63. The predicted molar refractivity (Wildman–Crippen MR) is 123 cm³/mol. The Morgan fingerprint density at radius 1 is 1.06 bits per heavy atom. The second kappa shape index (κ2) is 10.1. The molecular formula is C21H14BrCl2F3N2O4. The molecule has 174 valence electrons. The van der Waals surface area contributed by atoms with Gasteiger partial charge in [-0.1, -0.05) is 23.2 Å². The fourth-order valence-electron chi connectivity index (χ4n) is 2.82. The third kappa shape index (κ3) is 6.01. The van der Waals surface area contributed by atoms with E-state index in [4.69, 9.17) is 32.7 Å². The molecule has 0 saturated heterocycles. The van der Waals surface area contributed by atoms with Crippen LogP contribution in [0.4, 0.5) is 24.5 Å². The van der Waals surface area contributed by atoms with Gasteiger partial charge in [0.05, 0.1) is 27.6 Å². The summed E-state index contributed by atoms with van der Waals surface area (Å²) in [4.78, 5) is 10.4. The lowest BCUT2D eigenvalue weighted by atomic mass is 10.1. The molecule has 0 amide bonds. The number of hydrogen-bond donors (Lipinski definition) is 1. The summed E-state index contributed by atoms with van der Waals surface area (Å²) in [7, 11) is 1.34. The van der Waals surface area contributed by atoms with E-state index < -0.39 is 28.1 Å². The Morgan fingerprint density at radius 3 is 2.39 bits per heavy atom. The van der Waals surface area contributed by atoms with Crippen LogP contribution in [0.2, 0.25) is 10.0 Å². The molecule has 3 rings (SSSR count). The number of nitro benzene ring substituents is 1. The van der Waals surface area contributed by atoms with E-state index in [1.807, 2.05) is 6.07 Å². The molecular weight excluding hydrogens is 552 g/mol. The number of rotatable bonds is 7. The summed E-state index contributed by atoms with van der Waals surface area (Å²) in [6, 6.07) is 10.4. The SMILES string of the molecule is COc1cc(CNc2ccc(Br)c(Cl)c2)cc(Cl)c1Oc1ccc(C(F)(F)F)cc1[N+](=O)[O-]. The minimum atomic E-state index is -4.74. The molecule has 12 heteroatoms. The zero-order chi connectivity index (χ0) is 24.3. The summed E-state index contributed by atoms with van der Waals surface area (Å²) < 4.78 is 50.4. The first-order valence-electron chi connectivity index (χ1n) is 9.08. The van der Waals surface area contributed by atoms with Crippen molar-refractivity contribution in [2.45, 2.75) is 12.7 Å². The Morgan fingerprint density at radius 2 is 1.79 bits per heavy atom. The van der Waals surface area contributed by atoms with Crippen LogP contribution >= 0.6 is 39.1 Å². The van der Waals surface area contributed by atoms with Crippen molar-refractivity contribution in [1.29, 1.82) is 0 Å². The van der Waals surface area contributed by atoms with Gasteiger partial charge in [-0.25, -0.2) is 0 Å². The average Bonchev–Trinajstić information content (AvgIpc) is 2.75. The second-order valence-corrected chi connectivity index (χ2v) is 8.30. The minimum absolute atomic E-state index is 0.0502. The first kappa shape index (κ1) is 24.9. The van der Waals surface area contributed by atoms with Gasteiger partial charge in [-0.2, -0.15) is 13.2 Å². The first-order valence-corrected chi connectivity index (χ1v) is 10.6. The molecule has 0 radical (unpaired) electrons. The van der Waals surface area contributed by atoms with Crippen LogP contribution < -0.4 is 14.8 Å². The molecule has 0 unspecified atom stereocenters. The molecule has 6 nitrogen and oxygen atoms in total. The van der Waals surface area contributed by atoms with Crippen LogP contribution in [-0.2, 0) is 12.7 Å². The van der Waals surface area contributed by atoms with Crippen molar-refractivity contribution in [3.8, 4) is 17.2 Å². The lowest BCUT2D eigenvalue weighted by Crippen LogP contribution is -2.06. The highest BCUT2D eigenvalue weighted by molar-refractivity contribution is 9.10. The summed E-state index contributed by atoms with van der Waals surface area (Å²) in [5.41, 5.74) is -0.598. The quantitative estimate of drug-likeness (QED) is 0.231. The monoisotopic (exact) mass is 564 g/mol. The smallest absolute Gasteiger partial charge is 0.416 e. The largest absolute Gasteiger partial charge is 0.493 e. The molecule has 0 spiro atoms. The van der Waals surface area contributed by atoms with Crippen LogP contribution in [0.5, 0.6) is 17.2 Å². The maximum atomic E-state index is 12.9. The van der Waals surface area contributed by atoms with E-state index in [1.165, 1.54) is 7.11 Å². The van der Waals surface area contributed by atoms with E-state index in [1.54, 1.807) is 24.3 Å². The number of nitro groups is 1. The van der Waals surface area contributed by atoms with Gasteiger partial charge in [0.1, 0.15) is 0 Å². The van der Waals surface area contributed by atoms with Gasteiger partial charge in [-0.05, 0) is 64.0 Å². The Kier molecular flexibility index (Phi) is 7.61. The number of methoxy groups -OCH3 is 1. The third-order valence-electron chi connectivity index (χ3n) is 4.40. The summed E-state index contributed by atoms with van der Waals surface area (Å²) in [5, 5.41) is 15.1. The van der Waals surface area contributed by atoms with Crippen molar-refractivity contribution < 1.29 is 27.6 Å². The maximum absolute atomic E-state index is 12.9. The van der Waals surface area contributed by atoms with Crippen molar-refractivity contribution >= 4 is 50.5 Å². The highest BCUT2D eigenvalue weighted by Gasteiger charge is 2.33. The molecule has 0 atom stereocenters. The standard InChI is InChI=1S/C21H14BrCl2F3N2O4/c1-32-19-7-11(10-28-13-3-4-14(22)15(23)9-13)6-16(24)20(19)33-18-5-2-12(21(25,26)27)8-17(18)29(30)31/h2-9,28H,10H2,1H3. The van der Waals surface area contributed by atoms with E-state index in [0.29, 0.717) is 29.3 Å². The first-order chi connectivity index (χ1) is 15.5. The van der Waals surface area contributed by atoms with E-state index in [0.717, 1.165) is 16.2 Å². The lowest BCUT2D eigenvalue weighted by Gasteiger charge is -2.15. The topological polar surface area (TPSA) is 73.6 Å². The molecule has 0 aromatic heterocycles. The maximum Gasteiger partial charge on any atom is 0.416 e. The fourth-order valence-corrected chi connectivity index (χ4v) is 3.52. The molecule has 3 aromatic rings. The zero-order valence-corrected chi connectivity index (χ0v) is 19.8. The number of nitrogens with zero attached hydrogens (tertiary/aromatic N) is 1. The van der Waals surface area contributed by atoms with Gasteiger partial charge < -0.3 is 14.8 Å². The summed E-state index contributed by atoms with van der Waals surface area (Å²) in [6.45, 7) is 0.328. The normalized spacial score (nSPS) is 11.2. The van der Waals surface area contributed by atoms with Gasteiger partial charge in [-0.15, -0.1) is 0 Å². The number of benzene rings is 3. The molecule has 0 bridgehead atoms. The van der Waals surface area contributed by atoms with Gasteiger partial charge in [0.25, 0.3) is 0 Å². The molecule has 0 aliphatic heterocycles. The highest BCUT2D eigenvalue weighted by Crippen LogP contribution is 2.43. The summed E-state index contributed by atoms with van der Waals surface area (Å²) in [6.07, 6.45) is -4.74. The average molecular weight is 566 g/mol. The Bertz CT molecular complexity index is 1210. The third-order valence-corrected chi connectivity index (χ3v) is 5.91. The van der Waals surface area contributed by atoms with Crippen molar-refractivity contribution in [1.82, 2.24) is 0 Å². The number of ether oxygens (including phenoxy) is 2. The Balaban J connectivity index is 1.88. The van der Waals surface area contributed by atoms with Crippen LogP contribution in [0.3, 0.4) is 0 Å². The number of halogens is 6. The van der Waals surface area contributed by atoms with Crippen molar-refractivity contribution in [3.05, 3.63) is 84.3 Å². The fraction of sp³-hybridized carbons (Fsp3) is 0.143. The number of hydrogen-bond acceptors (Lipinski definition) is 5. The van der Waals surface area contributed by atoms with Crippen LogP contribution in [0.1, 0.15) is 11.1 Å². The molecule has 0 saturated carbocycles. The van der Waals surface area contributed by atoms with Gasteiger partial charge in [-0.3, -0.25) is 10.1 Å². The highest BCUT2D eigenvalue weighted by atomic mass is 79.9. The van der Waals surface area contributed by atoms with Crippen molar-refractivity contribution in [2.75, 3.05) is 12.4 Å². The Labute approximate surface area is 204 Å². The predicted octanol–water partition coefficient (Wildman–Crippen LogP) is 8.10. The lowest BCUT2D eigenvalue weighted by molar-refractivity contribution is -0.385. The van der Waals surface area contributed by atoms with Crippen LogP contribution in [0.25, 0.3) is 0 Å². The van der Waals surface area contributed by atoms with E-state index in [9.17, 15) is 23.3 Å². The van der Waals surface area contributed by atoms with Crippen molar-refractivity contribution in [2.24, 2.45) is 0 Å². The van der Waals surface area contributed by atoms with Gasteiger partial charge >= 0.3 is 11.9 Å². The molecule has 0 heterocycles. The molecule has 0 fully saturated rings. The van der Waals surface area contributed by atoms with Gasteiger partial charge in [0, 0.05) is 22.8 Å². The van der Waals surface area contributed by atoms with E-state index in [-0.39, 0.29) is 16.5 Å². The summed E-state index contributed by atoms with van der Waals surface area (Å²) in [5.74, 6) is -0.344. The summed E-state index contributed by atoms with van der Waals surface area (Å²) >= 11 is 15.7. The van der Waals surface area contributed by atoms with Gasteiger partial charge in [0.2, 0.25) is 5.75 Å². The van der Waals surface area contributed by atoms with Crippen molar-refractivity contribution in [3.63, 3.8) is 0 Å². The molecule has 33 heavy (non-hydrogen) atoms. The van der Waals surface area contributed by atoms with E-state index in [2.05, 4.69) is 21.2 Å². The van der Waals surface area contributed by atoms with Crippen LogP contribution in [0.15, 0.2) is 53.0 Å². The zero-order valence-electron chi connectivity index (χ0n) is 16.7. The number of alkyl halides is 3. The van der Waals surface area contributed by atoms with Crippen LogP contribution in [0, 0.1) is 10.1 Å². The van der Waals surface area contributed by atoms with Crippen LogP contribution in [-0.4, -0.2) is 12.0 Å². The molecule has 1 N–H and O–H groups in total. The number of anilines is 1. The molecule has 3 aromatic carbocycles. The Hall–Kier alpha value is -2.69. The van der Waals surface area contributed by atoms with Gasteiger partial charge in [0.15, 0.2) is 11.5 Å². The minimum Gasteiger partial charge on any atom is -0.493 e.